The zero-order valence-corrected chi connectivity index (χ0v) is 14.3. The fourth-order valence-corrected chi connectivity index (χ4v) is 3.96. The number of aryl methyl sites for hydroxylation is 1. The second-order valence-electron chi connectivity index (χ2n) is 4.18. The van der Waals surface area contributed by atoms with E-state index >= 15 is 0 Å². The normalized spacial score (nSPS) is 12.6. The van der Waals surface area contributed by atoms with E-state index < -0.39 is 0 Å². The first kappa shape index (κ1) is 15.0. The highest BCUT2D eigenvalue weighted by Gasteiger charge is 2.10. The second-order valence-corrected chi connectivity index (χ2v) is 7.07. The van der Waals surface area contributed by atoms with Crippen LogP contribution in [0.3, 0.4) is 0 Å². The Labute approximate surface area is 130 Å². The number of nitrogens with one attached hydrogen (secondary N) is 1. The predicted molar refractivity (Wildman–Crippen MR) is 85.0 cm³/mol. The summed E-state index contributed by atoms with van der Waals surface area (Å²) in [6, 6.07) is 6.83. The van der Waals surface area contributed by atoms with Gasteiger partial charge in [0.1, 0.15) is 5.82 Å². The van der Waals surface area contributed by atoms with Crippen LogP contribution in [0.15, 0.2) is 31.9 Å². The fraction of sp³-hybridized carbons (Fsp3) is 0.385. The molecule has 1 unspecified atom stereocenters. The lowest BCUT2D eigenvalue weighted by atomic mass is 10.1. The molecule has 2 aromatic rings. The van der Waals surface area contributed by atoms with E-state index in [0.717, 1.165) is 21.2 Å². The molecule has 0 fully saturated rings. The summed E-state index contributed by atoms with van der Waals surface area (Å²) in [6.45, 7) is 7.18. The molecule has 0 saturated carbocycles. The number of rotatable bonds is 5. The third kappa shape index (κ3) is 4.02. The zero-order valence-electron chi connectivity index (χ0n) is 11.1. The molecular formula is C13H16BrN3S2. The Kier molecular flexibility index (Phi) is 5.38. The van der Waals surface area contributed by atoms with Gasteiger partial charge < -0.3 is 5.32 Å². The van der Waals surface area contributed by atoms with E-state index in [4.69, 9.17) is 0 Å². The summed E-state index contributed by atoms with van der Waals surface area (Å²) in [5, 5.41) is 3.41. The third-order valence-corrected chi connectivity index (χ3v) is 5.51. The molecule has 6 heteroatoms. The highest BCUT2D eigenvalue weighted by molar-refractivity contribution is 9.10. The van der Waals surface area contributed by atoms with E-state index in [1.807, 2.05) is 6.92 Å². The van der Waals surface area contributed by atoms with Gasteiger partial charge in [0.15, 0.2) is 4.34 Å². The average Bonchev–Trinajstić information content (AvgIpc) is 2.78. The SMILES string of the molecule is CCNC(C)c1ccc(Sc2nc(C)ns2)c(Br)c1. The van der Waals surface area contributed by atoms with Crippen molar-refractivity contribution in [2.75, 3.05) is 6.54 Å². The van der Waals surface area contributed by atoms with Crippen molar-refractivity contribution in [2.45, 2.75) is 36.0 Å². The van der Waals surface area contributed by atoms with Crippen LogP contribution in [-0.4, -0.2) is 15.9 Å². The van der Waals surface area contributed by atoms with Gasteiger partial charge in [0.2, 0.25) is 0 Å². The number of hydrogen-bond acceptors (Lipinski definition) is 5. The van der Waals surface area contributed by atoms with E-state index in [9.17, 15) is 0 Å². The van der Waals surface area contributed by atoms with Crippen LogP contribution in [0.4, 0.5) is 0 Å². The number of benzene rings is 1. The lowest BCUT2D eigenvalue weighted by Crippen LogP contribution is -2.17. The molecule has 2 rings (SSSR count). The Morgan fingerprint density at radius 2 is 2.26 bits per heavy atom. The van der Waals surface area contributed by atoms with Crippen LogP contribution >= 0.6 is 39.2 Å². The van der Waals surface area contributed by atoms with Crippen molar-refractivity contribution in [3.05, 3.63) is 34.1 Å². The molecule has 1 atom stereocenters. The van der Waals surface area contributed by atoms with Gasteiger partial charge in [0, 0.05) is 15.4 Å². The molecule has 0 aliphatic heterocycles. The molecule has 3 nitrogen and oxygen atoms in total. The number of aromatic nitrogens is 2. The first-order valence-electron chi connectivity index (χ1n) is 6.11. The number of halogens is 1. The summed E-state index contributed by atoms with van der Waals surface area (Å²) in [5.41, 5.74) is 1.28. The Morgan fingerprint density at radius 3 is 2.84 bits per heavy atom. The van der Waals surface area contributed by atoms with Gasteiger partial charge in [-0.05, 0) is 65.6 Å². The van der Waals surface area contributed by atoms with Gasteiger partial charge in [-0.2, -0.15) is 4.37 Å². The average molecular weight is 358 g/mol. The van der Waals surface area contributed by atoms with Gasteiger partial charge >= 0.3 is 0 Å². The highest BCUT2D eigenvalue weighted by atomic mass is 79.9. The molecule has 1 heterocycles. The molecule has 1 aromatic heterocycles. The summed E-state index contributed by atoms with van der Waals surface area (Å²) in [7, 11) is 0. The van der Waals surface area contributed by atoms with Crippen LogP contribution in [0, 0.1) is 6.92 Å². The van der Waals surface area contributed by atoms with Gasteiger partial charge in [-0.1, -0.05) is 24.8 Å². The maximum Gasteiger partial charge on any atom is 0.174 e. The Hall–Kier alpha value is -0.430. The summed E-state index contributed by atoms with van der Waals surface area (Å²) in [4.78, 5) is 5.54. The lowest BCUT2D eigenvalue weighted by Gasteiger charge is -2.14. The quantitative estimate of drug-likeness (QED) is 0.858. The minimum absolute atomic E-state index is 0.365. The fourth-order valence-electron chi connectivity index (χ4n) is 1.71. The molecule has 19 heavy (non-hydrogen) atoms. The van der Waals surface area contributed by atoms with Gasteiger partial charge in [0.25, 0.3) is 0 Å². The summed E-state index contributed by atoms with van der Waals surface area (Å²) < 4.78 is 6.28. The van der Waals surface area contributed by atoms with Crippen molar-refractivity contribution < 1.29 is 0 Å². The highest BCUT2D eigenvalue weighted by Crippen LogP contribution is 2.35. The van der Waals surface area contributed by atoms with Crippen LogP contribution in [-0.2, 0) is 0 Å². The standard InChI is InChI=1S/C13H16BrN3S2/c1-4-15-8(2)10-5-6-12(11(14)7-10)18-13-16-9(3)17-19-13/h5-8,15H,4H2,1-3H3. The Morgan fingerprint density at radius 1 is 1.47 bits per heavy atom. The van der Waals surface area contributed by atoms with Crippen molar-refractivity contribution >= 4 is 39.2 Å². The van der Waals surface area contributed by atoms with E-state index in [2.05, 4.69) is 62.7 Å². The Balaban J connectivity index is 2.15. The van der Waals surface area contributed by atoms with Crippen molar-refractivity contribution in [1.29, 1.82) is 0 Å². The largest absolute Gasteiger partial charge is 0.310 e. The summed E-state index contributed by atoms with van der Waals surface area (Å²) in [6.07, 6.45) is 0. The van der Waals surface area contributed by atoms with Crippen molar-refractivity contribution in [3.8, 4) is 0 Å². The smallest absolute Gasteiger partial charge is 0.174 e. The molecule has 0 saturated heterocycles. The van der Waals surface area contributed by atoms with Crippen LogP contribution in [0.1, 0.15) is 31.3 Å². The van der Waals surface area contributed by atoms with Gasteiger partial charge in [-0.15, -0.1) is 0 Å². The van der Waals surface area contributed by atoms with Crippen molar-refractivity contribution in [2.24, 2.45) is 0 Å². The lowest BCUT2D eigenvalue weighted by molar-refractivity contribution is 0.597. The summed E-state index contributed by atoms with van der Waals surface area (Å²) in [5.74, 6) is 0.834. The van der Waals surface area contributed by atoms with E-state index in [1.54, 1.807) is 11.8 Å². The van der Waals surface area contributed by atoms with Crippen molar-refractivity contribution in [1.82, 2.24) is 14.7 Å². The first-order chi connectivity index (χ1) is 9.10. The van der Waals surface area contributed by atoms with Gasteiger partial charge in [-0.25, -0.2) is 4.98 Å². The van der Waals surface area contributed by atoms with E-state index in [1.165, 1.54) is 22.0 Å². The molecule has 1 N–H and O–H groups in total. The zero-order chi connectivity index (χ0) is 13.8. The van der Waals surface area contributed by atoms with Crippen molar-refractivity contribution in [3.63, 3.8) is 0 Å². The molecule has 102 valence electrons. The van der Waals surface area contributed by atoms with Crippen LogP contribution in [0.25, 0.3) is 0 Å². The number of hydrogen-bond donors (Lipinski definition) is 1. The third-order valence-electron chi connectivity index (χ3n) is 2.67. The maximum absolute atomic E-state index is 4.37. The molecule has 0 aliphatic carbocycles. The maximum atomic E-state index is 4.37. The van der Waals surface area contributed by atoms with Crippen LogP contribution in [0.5, 0.6) is 0 Å². The van der Waals surface area contributed by atoms with Crippen LogP contribution in [0.2, 0.25) is 0 Å². The Bertz CT molecular complexity index is 557. The minimum atomic E-state index is 0.365. The molecule has 0 amide bonds. The minimum Gasteiger partial charge on any atom is -0.310 e. The molecular weight excluding hydrogens is 342 g/mol. The van der Waals surface area contributed by atoms with Gasteiger partial charge in [-0.3, -0.25) is 0 Å². The molecule has 0 bridgehead atoms. The monoisotopic (exact) mass is 357 g/mol. The molecule has 1 aromatic carbocycles. The van der Waals surface area contributed by atoms with Crippen LogP contribution < -0.4 is 5.32 Å². The van der Waals surface area contributed by atoms with Gasteiger partial charge in [0.05, 0.1) is 0 Å². The molecule has 0 spiro atoms. The first-order valence-corrected chi connectivity index (χ1v) is 8.49. The molecule has 0 aliphatic rings. The second kappa shape index (κ2) is 6.83. The van der Waals surface area contributed by atoms with E-state index in [-0.39, 0.29) is 0 Å². The number of nitrogens with zero attached hydrogens (tertiary/aromatic N) is 2. The topological polar surface area (TPSA) is 37.8 Å². The van der Waals surface area contributed by atoms with E-state index in [0.29, 0.717) is 6.04 Å². The summed E-state index contributed by atoms with van der Waals surface area (Å²) >= 11 is 6.73. The molecule has 0 radical (unpaired) electrons. The predicted octanol–water partition coefficient (Wildman–Crippen LogP) is 4.43.